The fourth-order valence-corrected chi connectivity index (χ4v) is 9.37. The van der Waals surface area contributed by atoms with E-state index in [1.165, 1.54) is 65.9 Å². The van der Waals surface area contributed by atoms with Gasteiger partial charge in [-0.2, -0.15) is 0 Å². The van der Waals surface area contributed by atoms with Crippen LogP contribution in [-0.4, -0.2) is 23.0 Å². The Morgan fingerprint density at radius 2 is 1.59 bits per heavy atom. The molecule has 2 aromatic rings. The second-order valence-electron chi connectivity index (χ2n) is 13.6. The molecule has 0 aromatic heterocycles. The highest BCUT2D eigenvalue weighted by molar-refractivity contribution is 5.72. The Hall–Kier alpha value is -4.04. The molecular weight excluding hydrogens is 532 g/mol. The van der Waals surface area contributed by atoms with E-state index in [1.807, 2.05) is 0 Å². The molecule has 5 atom stereocenters. The highest BCUT2D eigenvalue weighted by Gasteiger charge is 2.51. The maximum atomic E-state index is 2.82. The van der Waals surface area contributed by atoms with E-state index in [1.54, 1.807) is 16.7 Å². The molecule has 7 aliphatic rings. The minimum absolute atomic E-state index is 0.393. The predicted octanol–water partition coefficient (Wildman–Crippen LogP) is 9.95. The molecule has 9 rings (SSSR count). The molecule has 2 aromatic carbocycles. The van der Waals surface area contributed by atoms with Crippen LogP contribution in [-0.2, 0) is 0 Å². The molecule has 2 heterocycles. The zero-order valence-electron chi connectivity index (χ0n) is 25.6. The minimum atomic E-state index is 0.393. The average molecular weight is 575 g/mol. The van der Waals surface area contributed by atoms with E-state index < -0.39 is 0 Å². The van der Waals surface area contributed by atoms with Gasteiger partial charge < -0.3 is 9.80 Å². The van der Waals surface area contributed by atoms with Gasteiger partial charge in [0.25, 0.3) is 0 Å². The molecule has 1 fully saturated rings. The number of fused-ring (bicyclic) bond motifs is 5. The summed E-state index contributed by atoms with van der Waals surface area (Å²) in [7, 11) is 0. The van der Waals surface area contributed by atoms with Gasteiger partial charge in [-0.1, -0.05) is 91.1 Å². The Morgan fingerprint density at radius 1 is 0.727 bits per heavy atom. The van der Waals surface area contributed by atoms with E-state index in [9.17, 15) is 0 Å². The molecule has 0 amide bonds. The Morgan fingerprint density at radius 3 is 2.45 bits per heavy atom. The number of rotatable bonds is 4. The lowest BCUT2D eigenvalue weighted by Gasteiger charge is -2.39. The maximum Gasteiger partial charge on any atom is 0.0596 e. The molecule has 0 bridgehead atoms. The third kappa shape index (κ3) is 4.21. The first-order valence-corrected chi connectivity index (χ1v) is 17.1. The van der Waals surface area contributed by atoms with Crippen LogP contribution in [0.3, 0.4) is 0 Å². The zero-order valence-corrected chi connectivity index (χ0v) is 25.6. The molecule has 2 aliphatic heterocycles. The maximum absolute atomic E-state index is 2.82. The van der Waals surface area contributed by atoms with Crippen molar-refractivity contribution in [1.29, 1.82) is 0 Å². The first kappa shape index (κ1) is 26.4. The Balaban J connectivity index is 1.12. The van der Waals surface area contributed by atoms with Gasteiger partial charge in [-0.05, 0) is 115 Å². The fourth-order valence-electron chi connectivity index (χ4n) is 9.37. The number of likely N-dealkylation sites (tertiary alicyclic amines) is 1. The van der Waals surface area contributed by atoms with Gasteiger partial charge in [0, 0.05) is 28.9 Å². The van der Waals surface area contributed by atoms with E-state index in [0.717, 1.165) is 25.7 Å². The van der Waals surface area contributed by atoms with Crippen molar-refractivity contribution in [2.75, 3.05) is 4.90 Å². The van der Waals surface area contributed by atoms with Crippen LogP contribution in [0.4, 0.5) is 5.69 Å². The Bertz CT molecular complexity index is 1710. The molecule has 0 saturated carbocycles. The number of allylic oxidation sites excluding steroid dienone is 9. The highest BCUT2D eigenvalue weighted by Crippen LogP contribution is 2.55. The van der Waals surface area contributed by atoms with Crippen LogP contribution in [0.15, 0.2) is 143 Å². The normalized spacial score (nSPS) is 30.2. The van der Waals surface area contributed by atoms with Crippen molar-refractivity contribution < 1.29 is 0 Å². The molecule has 5 unspecified atom stereocenters. The summed E-state index contributed by atoms with van der Waals surface area (Å²) in [4.78, 5) is 5.54. The van der Waals surface area contributed by atoms with Gasteiger partial charge in [0.2, 0.25) is 0 Å². The van der Waals surface area contributed by atoms with Gasteiger partial charge in [0.05, 0.1) is 18.1 Å². The molecule has 0 N–H and O–H groups in total. The van der Waals surface area contributed by atoms with Crippen LogP contribution in [0.25, 0.3) is 5.57 Å². The van der Waals surface area contributed by atoms with E-state index in [4.69, 9.17) is 0 Å². The Labute approximate surface area is 262 Å². The molecule has 2 heteroatoms. The summed E-state index contributed by atoms with van der Waals surface area (Å²) >= 11 is 0. The van der Waals surface area contributed by atoms with Gasteiger partial charge in [-0.3, -0.25) is 0 Å². The van der Waals surface area contributed by atoms with Crippen LogP contribution >= 0.6 is 0 Å². The summed E-state index contributed by atoms with van der Waals surface area (Å²) < 4.78 is 0. The lowest BCUT2D eigenvalue weighted by atomic mass is 9.76. The van der Waals surface area contributed by atoms with Gasteiger partial charge in [-0.25, -0.2) is 0 Å². The summed E-state index contributed by atoms with van der Waals surface area (Å²) in [6.45, 7) is 0. The van der Waals surface area contributed by atoms with Crippen LogP contribution in [0.2, 0.25) is 0 Å². The van der Waals surface area contributed by atoms with Crippen LogP contribution in [0, 0.1) is 5.92 Å². The average Bonchev–Trinajstić information content (AvgIpc) is 3.62. The second kappa shape index (κ2) is 10.8. The van der Waals surface area contributed by atoms with Gasteiger partial charge in [0.15, 0.2) is 0 Å². The van der Waals surface area contributed by atoms with Crippen molar-refractivity contribution in [2.24, 2.45) is 5.92 Å². The van der Waals surface area contributed by atoms with Crippen molar-refractivity contribution in [3.8, 4) is 0 Å². The van der Waals surface area contributed by atoms with E-state index in [-0.39, 0.29) is 0 Å². The first-order chi connectivity index (χ1) is 21.8. The second-order valence-corrected chi connectivity index (χ2v) is 13.6. The summed E-state index contributed by atoms with van der Waals surface area (Å²) in [5, 5.41) is 0. The fraction of sp³-hybridized carbons (Fsp3) is 0.333. The molecule has 5 aliphatic carbocycles. The lowest BCUT2D eigenvalue weighted by molar-refractivity contribution is 0.270. The van der Waals surface area contributed by atoms with Crippen molar-refractivity contribution >= 4 is 11.3 Å². The molecule has 0 radical (unpaired) electrons. The summed E-state index contributed by atoms with van der Waals surface area (Å²) in [6, 6.07) is 22.0. The van der Waals surface area contributed by atoms with Crippen LogP contribution in [0.5, 0.6) is 0 Å². The molecular formula is C42H42N2. The summed E-state index contributed by atoms with van der Waals surface area (Å²) in [6.07, 6.45) is 35.0. The molecule has 44 heavy (non-hydrogen) atoms. The van der Waals surface area contributed by atoms with Crippen molar-refractivity contribution in [2.45, 2.75) is 81.8 Å². The van der Waals surface area contributed by atoms with Crippen LogP contribution < -0.4 is 4.90 Å². The predicted molar refractivity (Wildman–Crippen MR) is 183 cm³/mol. The first-order valence-electron chi connectivity index (χ1n) is 17.1. The lowest BCUT2D eigenvalue weighted by Crippen LogP contribution is -2.40. The quantitative estimate of drug-likeness (QED) is 0.335. The zero-order chi connectivity index (χ0) is 29.0. The topological polar surface area (TPSA) is 6.48 Å². The third-order valence-corrected chi connectivity index (χ3v) is 11.3. The minimum Gasteiger partial charge on any atom is -0.358 e. The highest BCUT2D eigenvalue weighted by atomic mass is 15.3. The van der Waals surface area contributed by atoms with Gasteiger partial charge in [-0.15, -0.1) is 0 Å². The number of anilines is 1. The number of hydrogen-bond acceptors (Lipinski definition) is 2. The standard InChI is InChI=1S/C42H42N2/c1-3-12-29(13-4-1)31-22-24-33(25-23-31)43-37-20-9-7-18-35(37)41-39(43)26-27-40-42(41)36-19-8-10-21-38(36)44(40)34-17-11-16-32(28-34)30-14-5-2-6-15-30/h2-3,5-6,8-10,12,14-15,17,19-25,28-29,36,38-40H,1,4,7,11,13,16,18,26-27H2. The molecule has 0 spiro atoms. The number of benzene rings is 2. The van der Waals surface area contributed by atoms with Crippen molar-refractivity contribution in [3.63, 3.8) is 0 Å². The van der Waals surface area contributed by atoms with Crippen molar-refractivity contribution in [3.05, 3.63) is 155 Å². The van der Waals surface area contributed by atoms with Gasteiger partial charge >= 0.3 is 0 Å². The number of hydrogen-bond donors (Lipinski definition) is 0. The molecule has 2 nitrogen and oxygen atoms in total. The monoisotopic (exact) mass is 574 g/mol. The van der Waals surface area contributed by atoms with E-state index >= 15 is 0 Å². The summed E-state index contributed by atoms with van der Waals surface area (Å²) in [5.74, 6) is 1.02. The molecule has 1 saturated heterocycles. The Kier molecular flexibility index (Phi) is 6.50. The largest absolute Gasteiger partial charge is 0.358 e. The third-order valence-electron chi connectivity index (χ3n) is 11.3. The molecule has 220 valence electrons. The van der Waals surface area contributed by atoms with E-state index in [2.05, 4.69) is 125 Å². The smallest absolute Gasteiger partial charge is 0.0596 e. The van der Waals surface area contributed by atoms with Crippen molar-refractivity contribution in [1.82, 2.24) is 4.90 Å². The van der Waals surface area contributed by atoms with Crippen LogP contribution in [0.1, 0.15) is 74.8 Å². The number of nitrogens with zero attached hydrogens (tertiary/aromatic N) is 2. The summed E-state index contributed by atoms with van der Waals surface area (Å²) in [5.41, 5.74) is 13.6. The van der Waals surface area contributed by atoms with E-state index in [0.29, 0.717) is 30.0 Å². The SMILES string of the molecule is C1=CC2C3=C4C5=C(C=CCC5)N(c5ccc(C6C=CCCC6)cc5)C4CCC3N(C3=CCCC(c4ccccc4)=C3)C2C=C1. The van der Waals surface area contributed by atoms with Gasteiger partial charge in [0.1, 0.15) is 0 Å².